The Morgan fingerprint density at radius 3 is 2.43 bits per heavy atom. The fourth-order valence-corrected chi connectivity index (χ4v) is 2.78. The Hall–Kier alpha value is -3.45. The maximum absolute atomic E-state index is 12.3. The summed E-state index contributed by atoms with van der Waals surface area (Å²) in [6.45, 7) is 3.09. The number of nitrogens with zero attached hydrogens (tertiary/aromatic N) is 1. The number of carbonyl (C=O) groups excluding carboxylic acids is 4. The van der Waals surface area contributed by atoms with Crippen LogP contribution in [0.1, 0.15) is 31.1 Å². The lowest BCUT2D eigenvalue weighted by molar-refractivity contribution is -0.119. The van der Waals surface area contributed by atoms with Crippen LogP contribution < -0.4 is 5.32 Å². The topological polar surface area (TPSA) is 92.8 Å². The van der Waals surface area contributed by atoms with Crippen molar-refractivity contribution in [3.05, 3.63) is 76.8 Å². The fourth-order valence-electron chi connectivity index (χ4n) is 2.66. The van der Waals surface area contributed by atoms with E-state index in [2.05, 4.69) is 11.9 Å². The van der Waals surface area contributed by atoms with Crippen LogP contribution in [-0.2, 0) is 9.53 Å². The van der Waals surface area contributed by atoms with Gasteiger partial charge in [-0.05, 0) is 42.5 Å². The highest BCUT2D eigenvalue weighted by atomic mass is 35.5. The van der Waals surface area contributed by atoms with Crippen LogP contribution >= 0.6 is 11.6 Å². The van der Waals surface area contributed by atoms with Gasteiger partial charge in [0, 0.05) is 17.3 Å². The van der Waals surface area contributed by atoms with E-state index in [0.29, 0.717) is 10.7 Å². The van der Waals surface area contributed by atoms with E-state index in [9.17, 15) is 19.2 Å². The molecule has 0 saturated heterocycles. The zero-order chi connectivity index (χ0) is 20.3. The largest absolute Gasteiger partial charge is 0.452 e. The summed E-state index contributed by atoms with van der Waals surface area (Å²) in [5, 5.41) is 3.09. The lowest BCUT2D eigenvalue weighted by Gasteiger charge is -2.09. The summed E-state index contributed by atoms with van der Waals surface area (Å²) < 4.78 is 4.98. The predicted octanol–water partition coefficient (Wildman–Crippen LogP) is 2.92. The molecule has 2 aromatic carbocycles. The number of fused-ring (bicyclic) bond motifs is 1. The third-order valence-corrected chi connectivity index (χ3v) is 4.23. The molecule has 0 bridgehead atoms. The smallest absolute Gasteiger partial charge is 0.338 e. The van der Waals surface area contributed by atoms with Gasteiger partial charge in [-0.3, -0.25) is 19.3 Å². The molecule has 0 atom stereocenters. The van der Waals surface area contributed by atoms with Crippen molar-refractivity contribution in [1.29, 1.82) is 0 Å². The van der Waals surface area contributed by atoms with Crippen LogP contribution in [0.5, 0.6) is 0 Å². The molecular weight excluding hydrogens is 384 g/mol. The number of ether oxygens (including phenoxy) is 1. The van der Waals surface area contributed by atoms with E-state index in [1.807, 2.05) is 0 Å². The number of hydrogen-bond acceptors (Lipinski definition) is 5. The van der Waals surface area contributed by atoms with Gasteiger partial charge in [-0.2, -0.15) is 0 Å². The second kappa shape index (κ2) is 8.06. The molecule has 7 nitrogen and oxygen atoms in total. The van der Waals surface area contributed by atoms with E-state index in [1.165, 1.54) is 24.3 Å². The number of halogens is 1. The van der Waals surface area contributed by atoms with Crippen molar-refractivity contribution < 1.29 is 23.9 Å². The van der Waals surface area contributed by atoms with Gasteiger partial charge in [-0.1, -0.05) is 17.7 Å². The predicted molar refractivity (Wildman–Crippen MR) is 102 cm³/mol. The Morgan fingerprint density at radius 2 is 1.75 bits per heavy atom. The van der Waals surface area contributed by atoms with E-state index in [4.69, 9.17) is 16.3 Å². The molecule has 1 heterocycles. The second-order valence-electron chi connectivity index (χ2n) is 5.90. The molecule has 0 saturated carbocycles. The molecule has 1 aliphatic rings. The van der Waals surface area contributed by atoms with E-state index >= 15 is 0 Å². The molecule has 0 radical (unpaired) electrons. The Bertz CT molecular complexity index is 985. The molecule has 0 aliphatic carbocycles. The lowest BCUT2D eigenvalue weighted by atomic mass is 10.1. The molecule has 0 aromatic heterocycles. The van der Waals surface area contributed by atoms with Gasteiger partial charge in [-0.15, -0.1) is 6.58 Å². The maximum Gasteiger partial charge on any atom is 0.338 e. The minimum Gasteiger partial charge on any atom is -0.452 e. The molecule has 3 amide bonds. The van der Waals surface area contributed by atoms with Crippen molar-refractivity contribution in [2.24, 2.45) is 0 Å². The molecule has 1 aliphatic heterocycles. The Morgan fingerprint density at radius 1 is 1.07 bits per heavy atom. The van der Waals surface area contributed by atoms with Crippen molar-refractivity contribution >= 4 is 41.0 Å². The van der Waals surface area contributed by atoms with Gasteiger partial charge in [0.1, 0.15) is 0 Å². The highest BCUT2D eigenvalue weighted by Gasteiger charge is 2.35. The number of carbonyl (C=O) groups is 4. The van der Waals surface area contributed by atoms with E-state index < -0.39 is 30.3 Å². The second-order valence-corrected chi connectivity index (χ2v) is 6.34. The van der Waals surface area contributed by atoms with Gasteiger partial charge in [0.25, 0.3) is 17.7 Å². The monoisotopic (exact) mass is 398 g/mol. The summed E-state index contributed by atoms with van der Waals surface area (Å²) >= 11 is 5.77. The first-order valence-corrected chi connectivity index (χ1v) is 8.62. The first kappa shape index (κ1) is 19.3. The molecule has 2 aromatic rings. The van der Waals surface area contributed by atoms with Crippen LogP contribution in [0.25, 0.3) is 0 Å². The van der Waals surface area contributed by atoms with Crippen LogP contribution in [0.4, 0.5) is 5.69 Å². The third kappa shape index (κ3) is 3.94. The van der Waals surface area contributed by atoms with Crippen LogP contribution in [0.2, 0.25) is 5.02 Å². The van der Waals surface area contributed by atoms with Gasteiger partial charge < -0.3 is 10.1 Å². The summed E-state index contributed by atoms with van der Waals surface area (Å²) in [4.78, 5) is 49.6. The number of benzene rings is 2. The maximum atomic E-state index is 12.3. The quantitative estimate of drug-likeness (QED) is 0.459. The lowest BCUT2D eigenvalue weighted by Crippen LogP contribution is -2.29. The number of esters is 1. The van der Waals surface area contributed by atoms with E-state index in [1.54, 1.807) is 24.3 Å². The number of rotatable bonds is 6. The summed E-state index contributed by atoms with van der Waals surface area (Å²) in [5.74, 6) is -2.26. The first-order valence-electron chi connectivity index (χ1n) is 8.24. The number of hydrogen-bond donors (Lipinski definition) is 1. The van der Waals surface area contributed by atoms with Crippen LogP contribution in [0.3, 0.4) is 0 Å². The summed E-state index contributed by atoms with van der Waals surface area (Å²) in [6, 6.07) is 10.5. The highest BCUT2D eigenvalue weighted by molar-refractivity contribution is 6.30. The normalized spacial score (nSPS) is 12.5. The summed E-state index contributed by atoms with van der Waals surface area (Å²) in [7, 11) is 0. The zero-order valence-electron chi connectivity index (χ0n) is 14.6. The van der Waals surface area contributed by atoms with E-state index in [-0.39, 0.29) is 23.2 Å². The Kier molecular flexibility index (Phi) is 5.56. The van der Waals surface area contributed by atoms with Gasteiger partial charge in [0.05, 0.1) is 16.7 Å². The minimum atomic E-state index is -0.781. The molecule has 3 rings (SSSR count). The van der Waals surface area contributed by atoms with Crippen molar-refractivity contribution in [2.75, 3.05) is 18.5 Å². The number of imide groups is 1. The molecule has 28 heavy (non-hydrogen) atoms. The van der Waals surface area contributed by atoms with Gasteiger partial charge >= 0.3 is 5.97 Å². The SMILES string of the molecule is C=CCN1C(=O)c2ccc(C(=O)OCC(=O)Nc3ccc(Cl)cc3)cc2C1=O. The standard InChI is InChI=1S/C20H15ClN2O5/c1-2-9-23-18(25)15-8-3-12(10-16(15)19(23)26)20(27)28-11-17(24)22-14-6-4-13(21)5-7-14/h2-8,10H,1,9,11H2,(H,22,24). The highest BCUT2D eigenvalue weighted by Crippen LogP contribution is 2.24. The van der Waals surface area contributed by atoms with Crippen LogP contribution in [0.15, 0.2) is 55.1 Å². The summed E-state index contributed by atoms with van der Waals surface area (Å²) in [5.41, 5.74) is 0.907. The number of amides is 3. The number of nitrogens with one attached hydrogen (secondary N) is 1. The molecular formula is C20H15ClN2O5. The van der Waals surface area contributed by atoms with Crippen molar-refractivity contribution in [1.82, 2.24) is 4.90 Å². The zero-order valence-corrected chi connectivity index (χ0v) is 15.4. The van der Waals surface area contributed by atoms with Crippen LogP contribution in [-0.4, -0.2) is 41.7 Å². The third-order valence-electron chi connectivity index (χ3n) is 3.98. The fraction of sp³-hybridized carbons (Fsp3) is 0.100. The van der Waals surface area contributed by atoms with Crippen molar-refractivity contribution in [2.45, 2.75) is 0 Å². The van der Waals surface area contributed by atoms with Gasteiger partial charge in [0.2, 0.25) is 0 Å². The minimum absolute atomic E-state index is 0.0691. The van der Waals surface area contributed by atoms with Gasteiger partial charge in [-0.25, -0.2) is 4.79 Å². The molecule has 1 N–H and O–H groups in total. The first-order chi connectivity index (χ1) is 13.4. The van der Waals surface area contributed by atoms with Crippen molar-refractivity contribution in [3.63, 3.8) is 0 Å². The average molecular weight is 399 g/mol. The Balaban J connectivity index is 1.63. The van der Waals surface area contributed by atoms with E-state index in [0.717, 1.165) is 4.90 Å². The molecule has 0 spiro atoms. The van der Waals surface area contributed by atoms with Gasteiger partial charge in [0.15, 0.2) is 6.61 Å². The summed E-state index contributed by atoms with van der Waals surface area (Å²) in [6.07, 6.45) is 1.44. The molecule has 142 valence electrons. The molecule has 8 heteroatoms. The Labute approximate surface area is 165 Å². The number of anilines is 1. The average Bonchev–Trinajstić information content (AvgIpc) is 2.92. The molecule has 0 unspecified atom stereocenters. The van der Waals surface area contributed by atoms with Crippen molar-refractivity contribution in [3.8, 4) is 0 Å². The van der Waals surface area contributed by atoms with Crippen LogP contribution in [0, 0.1) is 0 Å². The molecule has 0 fully saturated rings.